The van der Waals surface area contributed by atoms with Gasteiger partial charge in [-0.1, -0.05) is 68.4 Å². The van der Waals surface area contributed by atoms with Crippen LogP contribution in [0.3, 0.4) is 0 Å². The Morgan fingerprint density at radius 3 is 2.04 bits per heavy atom. The first-order valence-electron chi connectivity index (χ1n) is 11.1. The summed E-state index contributed by atoms with van der Waals surface area (Å²) < 4.78 is 14.9. The normalized spacial score (nSPS) is 34.9. The van der Waals surface area contributed by atoms with Crippen LogP contribution in [-0.4, -0.2) is 15.7 Å². The molecule has 0 bridgehead atoms. The summed E-state index contributed by atoms with van der Waals surface area (Å²) >= 11 is 0. The molecule has 0 N–H and O–H groups in total. The molecule has 0 aliphatic heterocycles. The standard InChI is InChI=1S/C24H31B2F/c25-21-10-5-17(6-11-21)16-1-3-19(4-2-16)23-14-9-20(15-24(23)27)18-7-12-22(26)13-8-18/h3,9,14-18,21-22H,1-2,4-8,10-13H2. The molecule has 0 nitrogen and oxygen atoms in total. The lowest BCUT2D eigenvalue weighted by molar-refractivity contribution is 0.235. The zero-order valence-corrected chi connectivity index (χ0v) is 16.5. The smallest absolute Gasteiger partial charge is 0.130 e. The van der Waals surface area contributed by atoms with Crippen LogP contribution < -0.4 is 0 Å². The summed E-state index contributed by atoms with van der Waals surface area (Å²) in [5.41, 5.74) is 3.21. The molecular weight excluding hydrogens is 329 g/mol. The van der Waals surface area contributed by atoms with Crippen molar-refractivity contribution in [3.05, 3.63) is 41.2 Å². The van der Waals surface area contributed by atoms with E-state index >= 15 is 0 Å². The first kappa shape index (κ1) is 19.3. The van der Waals surface area contributed by atoms with Crippen molar-refractivity contribution in [3.8, 4) is 0 Å². The van der Waals surface area contributed by atoms with E-state index in [1.807, 2.05) is 6.07 Å². The highest BCUT2D eigenvalue weighted by molar-refractivity contribution is 6.11. The fraction of sp³-hybridized carbons (Fsp3) is 0.667. The highest BCUT2D eigenvalue weighted by atomic mass is 19.1. The molecule has 1 atom stereocenters. The van der Waals surface area contributed by atoms with Crippen molar-refractivity contribution in [1.29, 1.82) is 0 Å². The molecule has 27 heavy (non-hydrogen) atoms. The highest BCUT2D eigenvalue weighted by Gasteiger charge is 2.28. The molecule has 4 radical (unpaired) electrons. The second-order valence-corrected chi connectivity index (χ2v) is 9.29. The van der Waals surface area contributed by atoms with E-state index in [1.54, 1.807) is 6.07 Å². The average Bonchev–Trinajstić information content (AvgIpc) is 2.69. The van der Waals surface area contributed by atoms with Gasteiger partial charge in [-0.05, 0) is 67.1 Å². The van der Waals surface area contributed by atoms with Gasteiger partial charge in [0.15, 0.2) is 0 Å². The molecular formula is C24H31B2F. The maximum atomic E-state index is 14.9. The SMILES string of the molecule is [B]C1CCC(c2ccc(C3=CCC(C4CCC([B])CC4)CC3)c(F)c2)CC1. The van der Waals surface area contributed by atoms with Crippen LogP contribution in [0.25, 0.3) is 5.57 Å². The first-order valence-corrected chi connectivity index (χ1v) is 11.1. The number of hydrogen-bond donors (Lipinski definition) is 0. The minimum Gasteiger partial charge on any atom is -0.206 e. The van der Waals surface area contributed by atoms with Gasteiger partial charge in [-0.2, -0.15) is 0 Å². The average molecular weight is 360 g/mol. The van der Waals surface area contributed by atoms with Crippen LogP contribution in [0.2, 0.25) is 11.6 Å². The largest absolute Gasteiger partial charge is 0.206 e. The number of halogens is 1. The number of rotatable bonds is 3. The van der Waals surface area contributed by atoms with E-state index in [1.165, 1.54) is 37.7 Å². The second-order valence-electron chi connectivity index (χ2n) is 9.29. The third kappa shape index (κ3) is 4.54. The Morgan fingerprint density at radius 2 is 1.44 bits per heavy atom. The van der Waals surface area contributed by atoms with Crippen molar-refractivity contribution in [2.24, 2.45) is 11.8 Å². The van der Waals surface area contributed by atoms with Gasteiger partial charge in [0.05, 0.1) is 15.7 Å². The van der Waals surface area contributed by atoms with Crippen molar-refractivity contribution < 1.29 is 4.39 Å². The van der Waals surface area contributed by atoms with Gasteiger partial charge >= 0.3 is 0 Å². The van der Waals surface area contributed by atoms with Crippen molar-refractivity contribution in [2.45, 2.75) is 88.2 Å². The third-order valence-electron chi connectivity index (χ3n) is 7.52. The Hall–Kier alpha value is -0.980. The second kappa shape index (κ2) is 8.58. The maximum absolute atomic E-state index is 14.9. The maximum Gasteiger partial charge on any atom is 0.130 e. The fourth-order valence-electron chi connectivity index (χ4n) is 5.64. The molecule has 3 aliphatic carbocycles. The summed E-state index contributed by atoms with van der Waals surface area (Å²) in [7, 11) is 12.1. The summed E-state index contributed by atoms with van der Waals surface area (Å²) in [6.45, 7) is 0. The molecule has 0 saturated heterocycles. The predicted octanol–water partition coefficient (Wildman–Crippen LogP) is 6.77. The lowest BCUT2D eigenvalue weighted by atomic mass is 9.66. The lowest BCUT2D eigenvalue weighted by Gasteiger charge is -2.34. The Balaban J connectivity index is 1.40. The Morgan fingerprint density at radius 1 is 0.778 bits per heavy atom. The van der Waals surface area contributed by atoms with Crippen LogP contribution in [0.1, 0.15) is 87.7 Å². The van der Waals surface area contributed by atoms with Crippen LogP contribution >= 0.6 is 0 Å². The fourth-order valence-corrected chi connectivity index (χ4v) is 5.64. The zero-order valence-electron chi connectivity index (χ0n) is 16.5. The van der Waals surface area contributed by atoms with Crippen LogP contribution in [0.5, 0.6) is 0 Å². The predicted molar refractivity (Wildman–Crippen MR) is 114 cm³/mol. The van der Waals surface area contributed by atoms with E-state index in [2.05, 4.69) is 12.1 Å². The van der Waals surface area contributed by atoms with Gasteiger partial charge in [0, 0.05) is 5.56 Å². The molecule has 1 aromatic rings. The van der Waals surface area contributed by atoms with Crippen molar-refractivity contribution in [1.82, 2.24) is 0 Å². The van der Waals surface area contributed by atoms with E-state index in [-0.39, 0.29) is 5.82 Å². The summed E-state index contributed by atoms with van der Waals surface area (Å²) in [5.74, 6) is 2.81. The van der Waals surface area contributed by atoms with Gasteiger partial charge in [0.2, 0.25) is 0 Å². The molecule has 2 saturated carbocycles. The van der Waals surface area contributed by atoms with Gasteiger partial charge < -0.3 is 0 Å². The van der Waals surface area contributed by atoms with Crippen molar-refractivity contribution in [2.75, 3.05) is 0 Å². The van der Waals surface area contributed by atoms with Gasteiger partial charge in [-0.25, -0.2) is 4.39 Å². The van der Waals surface area contributed by atoms with E-state index < -0.39 is 0 Å². The molecule has 0 heterocycles. The Kier molecular flexibility index (Phi) is 6.15. The summed E-state index contributed by atoms with van der Waals surface area (Å²) in [6.07, 6.45) is 14.9. The van der Waals surface area contributed by atoms with Crippen molar-refractivity contribution >= 4 is 21.3 Å². The monoisotopic (exact) mass is 360 g/mol. The number of hydrogen-bond acceptors (Lipinski definition) is 0. The van der Waals surface area contributed by atoms with Crippen LogP contribution in [0.15, 0.2) is 24.3 Å². The zero-order chi connectivity index (χ0) is 18.8. The summed E-state index contributed by atoms with van der Waals surface area (Å²) in [5, 5.41) is 0. The molecule has 3 aliphatic rings. The molecule has 4 rings (SSSR count). The third-order valence-corrected chi connectivity index (χ3v) is 7.52. The number of allylic oxidation sites excluding steroid dienone is 2. The van der Waals surface area contributed by atoms with Crippen molar-refractivity contribution in [3.63, 3.8) is 0 Å². The Bertz CT molecular complexity index is 667. The highest BCUT2D eigenvalue weighted by Crippen LogP contribution is 2.43. The van der Waals surface area contributed by atoms with Gasteiger partial charge in [0.1, 0.15) is 5.82 Å². The summed E-state index contributed by atoms with van der Waals surface area (Å²) in [6, 6.07) is 5.99. The van der Waals surface area contributed by atoms with Gasteiger partial charge in [0.25, 0.3) is 0 Å². The van der Waals surface area contributed by atoms with Crippen LogP contribution in [0.4, 0.5) is 4.39 Å². The van der Waals surface area contributed by atoms with E-state index in [4.69, 9.17) is 15.7 Å². The van der Waals surface area contributed by atoms with E-state index in [0.717, 1.165) is 61.5 Å². The summed E-state index contributed by atoms with van der Waals surface area (Å²) in [4.78, 5) is 0. The molecule has 140 valence electrons. The van der Waals surface area contributed by atoms with E-state index in [9.17, 15) is 4.39 Å². The minimum atomic E-state index is -0.0317. The van der Waals surface area contributed by atoms with Crippen LogP contribution in [-0.2, 0) is 0 Å². The van der Waals surface area contributed by atoms with Gasteiger partial charge in [-0.15, -0.1) is 0 Å². The molecule has 1 aromatic carbocycles. The molecule has 1 unspecified atom stereocenters. The Labute approximate surface area is 167 Å². The molecule has 0 aromatic heterocycles. The van der Waals surface area contributed by atoms with Gasteiger partial charge in [-0.3, -0.25) is 0 Å². The molecule has 3 heteroatoms. The first-order chi connectivity index (χ1) is 13.1. The molecule has 0 spiro atoms. The molecule has 2 fully saturated rings. The number of benzene rings is 1. The lowest BCUT2D eigenvalue weighted by Crippen LogP contribution is -2.21. The van der Waals surface area contributed by atoms with Crippen LogP contribution in [0, 0.1) is 17.7 Å². The van der Waals surface area contributed by atoms with E-state index in [0.29, 0.717) is 17.6 Å². The topological polar surface area (TPSA) is 0 Å². The molecule has 0 amide bonds. The quantitative estimate of drug-likeness (QED) is 0.522. The minimum absolute atomic E-state index is 0.0317.